The first-order chi connectivity index (χ1) is 20.5. The Morgan fingerprint density at radius 2 is 1.68 bits per heavy atom. The molecule has 2 rings (SSSR count). The van der Waals surface area contributed by atoms with Gasteiger partial charge in [-0.2, -0.15) is 0 Å². The van der Waals surface area contributed by atoms with E-state index in [2.05, 4.69) is 24.8 Å². The molecule has 1 aromatic rings. The van der Waals surface area contributed by atoms with Crippen LogP contribution in [0.25, 0.3) is 0 Å². The lowest BCUT2D eigenvalue weighted by Crippen LogP contribution is -2.57. The molecule has 0 spiro atoms. The topological polar surface area (TPSA) is 243 Å². The van der Waals surface area contributed by atoms with E-state index in [1.54, 1.807) is 6.92 Å². The fraction of sp³-hybridized carbons (Fsp3) is 0.739. The molecule has 19 nitrogen and oxygen atoms in total. The number of aromatic nitrogens is 2. The van der Waals surface area contributed by atoms with Crippen molar-refractivity contribution in [3.05, 3.63) is 12.0 Å². The molecule has 1 aliphatic heterocycles. The van der Waals surface area contributed by atoms with Gasteiger partial charge in [0.2, 0.25) is 13.6 Å². The highest BCUT2D eigenvalue weighted by molar-refractivity contribution is 7.48. The molecule has 4 atom stereocenters. The fourth-order valence-corrected chi connectivity index (χ4v) is 4.35. The summed E-state index contributed by atoms with van der Waals surface area (Å²) in [6.07, 6.45) is -5.91. The maximum atomic E-state index is 16.1. The summed E-state index contributed by atoms with van der Waals surface area (Å²) in [6.45, 7) is 5.52. The minimum atomic E-state index is -4.96. The van der Waals surface area contributed by atoms with Gasteiger partial charge in [-0.1, -0.05) is 0 Å². The van der Waals surface area contributed by atoms with Crippen LogP contribution in [0.5, 0.6) is 0 Å². The van der Waals surface area contributed by atoms with Gasteiger partial charge in [0, 0.05) is 13.7 Å². The molecule has 0 aromatic carbocycles. The normalized spacial score (nSPS) is 18.4. The van der Waals surface area contributed by atoms with E-state index in [9.17, 15) is 24.4 Å². The number of aliphatic hydroxyl groups excluding tert-OH is 1. The van der Waals surface area contributed by atoms with Gasteiger partial charge in [-0.15, -0.1) is 0 Å². The molecule has 21 heteroatoms. The van der Waals surface area contributed by atoms with Gasteiger partial charge in [0.15, 0.2) is 24.0 Å². The number of nitrogens with two attached hydrogens (primary N) is 1. The smallest absolute Gasteiger partial charge is 0.432 e. The number of imidazole rings is 1. The molecule has 0 amide bonds. The van der Waals surface area contributed by atoms with Crippen LogP contribution in [-0.4, -0.2) is 96.1 Å². The second-order valence-electron chi connectivity index (χ2n) is 9.62. The molecule has 1 aromatic heterocycles. The summed E-state index contributed by atoms with van der Waals surface area (Å²) in [5, 5.41) is 25.0. The van der Waals surface area contributed by atoms with E-state index >= 15 is 4.39 Å². The van der Waals surface area contributed by atoms with E-state index in [0.717, 1.165) is 24.9 Å². The van der Waals surface area contributed by atoms with Crippen LogP contribution in [0, 0.1) is 0 Å². The van der Waals surface area contributed by atoms with Crippen LogP contribution < -0.4 is 11.1 Å². The zero-order valence-corrected chi connectivity index (χ0v) is 26.1. The number of anilines is 1. The molecular weight excluding hydrogens is 620 g/mol. The number of phosphoric ester groups is 1. The lowest BCUT2D eigenvalue weighted by atomic mass is 10.0. The first-order valence-electron chi connectivity index (χ1n) is 13.1. The summed E-state index contributed by atoms with van der Waals surface area (Å²) in [6, 6.07) is 0. The number of nitrogens with zero attached hydrogens (tertiary/aromatic N) is 3. The number of hydrogen-bond donors (Lipinski definition) is 4. The Morgan fingerprint density at radius 3 is 2.16 bits per heavy atom. The molecule has 2 heterocycles. The van der Waals surface area contributed by atoms with Crippen LogP contribution in [0.2, 0.25) is 0 Å². The van der Waals surface area contributed by atoms with Crippen LogP contribution >= 0.6 is 7.82 Å². The lowest BCUT2D eigenvalue weighted by molar-refractivity contribution is -0.273. The van der Waals surface area contributed by atoms with Crippen molar-refractivity contribution in [2.24, 2.45) is 10.7 Å². The van der Waals surface area contributed by atoms with Crippen molar-refractivity contribution in [2.75, 3.05) is 39.2 Å². The summed E-state index contributed by atoms with van der Waals surface area (Å²) < 4.78 is 74.0. The van der Waals surface area contributed by atoms with Crippen molar-refractivity contribution in [1.29, 1.82) is 0 Å². The van der Waals surface area contributed by atoms with Crippen LogP contribution in [0.1, 0.15) is 53.5 Å². The van der Waals surface area contributed by atoms with E-state index in [0.29, 0.717) is 0 Å². The number of aliphatic imine (C=N–C) groups is 1. The quantitative estimate of drug-likeness (QED) is 0.106. The fourth-order valence-electron chi connectivity index (χ4n) is 3.42. The Morgan fingerprint density at radius 1 is 1.14 bits per heavy atom. The van der Waals surface area contributed by atoms with Crippen molar-refractivity contribution in [1.82, 2.24) is 9.55 Å². The van der Waals surface area contributed by atoms with Gasteiger partial charge in [0.1, 0.15) is 18.1 Å². The zero-order chi connectivity index (χ0) is 33.3. The number of rotatable bonds is 17. The number of carbonyl (C=O) groups excluding carboxylic acids is 2. The number of hydrogen-bond acceptors (Lipinski definition) is 18. The molecule has 0 bridgehead atoms. The van der Waals surface area contributed by atoms with Crippen LogP contribution in [0.15, 0.2) is 11.3 Å². The summed E-state index contributed by atoms with van der Waals surface area (Å²) in [4.78, 5) is 31.5. The van der Waals surface area contributed by atoms with Crippen molar-refractivity contribution in [3.8, 4) is 0 Å². The number of aliphatic hydroxyl groups is 2. The van der Waals surface area contributed by atoms with E-state index < -0.39 is 76.4 Å². The monoisotopic (exact) mass is 659 g/mol. The summed E-state index contributed by atoms with van der Waals surface area (Å²) in [7, 11) is -4.14. The Labute approximate surface area is 252 Å². The van der Waals surface area contributed by atoms with Crippen LogP contribution in [-0.2, 0) is 52.3 Å². The van der Waals surface area contributed by atoms with Gasteiger partial charge in [0.25, 0.3) is 5.85 Å². The van der Waals surface area contributed by atoms with E-state index in [1.165, 1.54) is 27.7 Å². The number of halogens is 1. The van der Waals surface area contributed by atoms with Gasteiger partial charge in [-0.25, -0.2) is 37.6 Å². The van der Waals surface area contributed by atoms with Crippen molar-refractivity contribution < 1.29 is 70.8 Å². The van der Waals surface area contributed by atoms with E-state index in [-0.39, 0.29) is 24.1 Å². The highest BCUT2D eigenvalue weighted by Crippen LogP contribution is 2.51. The maximum Gasteiger partial charge on any atom is 0.510 e. The summed E-state index contributed by atoms with van der Waals surface area (Å²) >= 11 is 0. The lowest BCUT2D eigenvalue weighted by Gasteiger charge is -2.39. The van der Waals surface area contributed by atoms with E-state index in [4.69, 9.17) is 38.3 Å². The molecule has 44 heavy (non-hydrogen) atoms. The molecular formula is C23H39FN5O14P. The molecule has 5 N–H and O–H groups in total. The van der Waals surface area contributed by atoms with Gasteiger partial charge in [0.05, 0.1) is 18.5 Å². The number of alkyl halides is 1. The Kier molecular flexibility index (Phi) is 13.3. The number of methoxy groups -OCH3 is 1. The molecule has 0 saturated heterocycles. The van der Waals surface area contributed by atoms with Gasteiger partial charge >= 0.3 is 20.1 Å². The highest BCUT2D eigenvalue weighted by Gasteiger charge is 2.53. The zero-order valence-electron chi connectivity index (χ0n) is 25.3. The Balaban J connectivity index is 2.24. The van der Waals surface area contributed by atoms with Crippen LogP contribution in [0.3, 0.4) is 0 Å². The first-order valence-corrected chi connectivity index (χ1v) is 14.6. The third kappa shape index (κ3) is 9.96. The maximum absolute atomic E-state index is 16.1. The molecule has 252 valence electrons. The largest absolute Gasteiger partial charge is 0.510 e. The first kappa shape index (κ1) is 37.1. The number of nitrogens with one attached hydrogen (secondary N) is 1. The number of fused-ring (bicyclic) bond motifs is 1. The SMILES string of the molecule is CCOC1N=C(N)Nc2c1ncn2[C@](C)(O)[C@H](O)[C@@](F)(COP(=O)(OCOC(=O)OC(C)C)OCOC(=O)OC(C)C)OC. The second-order valence-corrected chi connectivity index (χ2v) is 11.3. The van der Waals surface area contributed by atoms with Gasteiger partial charge in [-0.3, -0.25) is 9.09 Å². The standard InChI is InChI=1S/C23H39FN5O14P/c1-8-36-17-15-16(27-19(25)28-17)29(10-26-15)22(6,33)18(30)23(24,35-7)9-39-44(34,40-11-37-20(31)42-13(2)3)41-12-38-21(32)43-14(4)5/h10,13-14,17-18,30,33H,8-9,11-12H2,1-7H3,(H3,25,27,28)/t17?,18-,22+,23+/m0/s1. The van der Waals surface area contributed by atoms with Gasteiger partial charge in [-0.05, 0) is 41.5 Å². The van der Waals surface area contributed by atoms with Crippen molar-refractivity contribution >= 4 is 31.9 Å². The molecule has 0 aliphatic carbocycles. The highest BCUT2D eigenvalue weighted by atomic mass is 31.2. The predicted octanol–water partition coefficient (Wildman–Crippen LogP) is 2.19. The van der Waals surface area contributed by atoms with Crippen molar-refractivity contribution in [2.45, 2.75) is 77.7 Å². The molecule has 0 fully saturated rings. The second kappa shape index (κ2) is 15.8. The number of ether oxygens (including phenoxy) is 6. The van der Waals surface area contributed by atoms with E-state index in [1.807, 2.05) is 0 Å². The van der Waals surface area contributed by atoms with Crippen molar-refractivity contribution in [3.63, 3.8) is 0 Å². The molecule has 0 saturated carbocycles. The average Bonchev–Trinajstić information content (AvgIpc) is 3.35. The minimum Gasteiger partial charge on any atom is -0.432 e. The third-order valence-electron chi connectivity index (χ3n) is 5.47. The Hall–Kier alpha value is -3.10. The molecule has 1 aliphatic rings. The number of carbonyl (C=O) groups is 2. The minimum absolute atomic E-state index is 0.0209. The average molecular weight is 660 g/mol. The van der Waals surface area contributed by atoms with Crippen LogP contribution in [0.4, 0.5) is 19.8 Å². The summed E-state index contributed by atoms with van der Waals surface area (Å²) in [5.74, 6) is -3.42. The number of guanidine groups is 1. The summed E-state index contributed by atoms with van der Waals surface area (Å²) in [5.41, 5.74) is 3.43. The molecule has 1 unspecified atom stereocenters. The third-order valence-corrected chi connectivity index (χ3v) is 6.76. The molecule has 0 radical (unpaired) electrons. The number of phosphoric acid groups is 1. The Bertz CT molecular complexity index is 1170. The van der Waals surface area contributed by atoms with Gasteiger partial charge < -0.3 is 49.7 Å². The predicted molar refractivity (Wildman–Crippen MR) is 145 cm³/mol.